The van der Waals surface area contributed by atoms with Gasteiger partial charge >= 0.3 is 5.97 Å². The maximum atomic E-state index is 13.2. The topological polar surface area (TPSA) is 74.0 Å². The third kappa shape index (κ3) is 4.22. The second-order valence-corrected chi connectivity index (χ2v) is 6.13. The maximum absolute atomic E-state index is 13.2. The number of rotatable bonds is 7. The van der Waals surface area contributed by atoms with Gasteiger partial charge < -0.3 is 10.1 Å². The van der Waals surface area contributed by atoms with Gasteiger partial charge in [-0.1, -0.05) is 0 Å². The summed E-state index contributed by atoms with van der Waals surface area (Å²) in [4.78, 5) is 12.3. The van der Waals surface area contributed by atoms with Crippen LogP contribution in [0.25, 0.3) is 5.69 Å². The van der Waals surface area contributed by atoms with Crippen LogP contribution in [0.1, 0.15) is 34.2 Å². The third-order valence-electron chi connectivity index (χ3n) is 4.16. The molecule has 3 aromatic rings. The maximum Gasteiger partial charge on any atom is 0.341 e. The van der Waals surface area contributed by atoms with Crippen LogP contribution in [0.15, 0.2) is 36.7 Å². The van der Waals surface area contributed by atoms with E-state index in [0.29, 0.717) is 30.0 Å². The Kier molecular flexibility index (Phi) is 5.66. The number of nitrogens with zero attached hydrogens (tertiary/aromatic N) is 4. The minimum absolute atomic E-state index is 0.280. The smallest absolute Gasteiger partial charge is 0.341 e. The van der Waals surface area contributed by atoms with Gasteiger partial charge in [-0.25, -0.2) is 13.9 Å². The van der Waals surface area contributed by atoms with E-state index >= 15 is 0 Å². The summed E-state index contributed by atoms with van der Waals surface area (Å²) in [5, 5.41) is 11.9. The summed E-state index contributed by atoms with van der Waals surface area (Å²) in [5.41, 5.74) is 3.73. The van der Waals surface area contributed by atoms with Gasteiger partial charge in [0.1, 0.15) is 11.4 Å². The van der Waals surface area contributed by atoms with Crippen LogP contribution in [0, 0.1) is 12.7 Å². The van der Waals surface area contributed by atoms with Crippen molar-refractivity contribution in [3.63, 3.8) is 0 Å². The van der Waals surface area contributed by atoms with Gasteiger partial charge in [-0.2, -0.15) is 10.2 Å². The zero-order valence-corrected chi connectivity index (χ0v) is 15.6. The number of hydrogen-bond acceptors (Lipinski definition) is 5. The summed E-state index contributed by atoms with van der Waals surface area (Å²) in [5.74, 6) is -0.761. The van der Waals surface area contributed by atoms with E-state index in [1.165, 1.54) is 18.3 Å². The average Bonchev–Trinajstić information content (AvgIpc) is 3.19. The Bertz CT molecular complexity index is 930. The van der Waals surface area contributed by atoms with E-state index in [1.807, 2.05) is 20.2 Å². The zero-order chi connectivity index (χ0) is 19.4. The molecule has 1 aromatic carbocycles. The van der Waals surface area contributed by atoms with Crippen molar-refractivity contribution in [2.24, 2.45) is 7.05 Å². The molecule has 2 aromatic heterocycles. The first-order valence-corrected chi connectivity index (χ1v) is 8.69. The predicted octanol–water partition coefficient (Wildman–Crippen LogP) is 2.52. The van der Waals surface area contributed by atoms with Crippen LogP contribution >= 0.6 is 0 Å². The lowest BCUT2D eigenvalue weighted by molar-refractivity contribution is 0.0525. The summed E-state index contributed by atoms with van der Waals surface area (Å²) >= 11 is 0. The lowest BCUT2D eigenvalue weighted by Gasteiger charge is -2.11. The molecule has 7 nitrogen and oxygen atoms in total. The molecule has 0 unspecified atom stereocenters. The SMILES string of the molecule is CCOC(=O)c1cnn(-c2ccc(F)cc2)c1CNCc1cn(C)nc1C. The van der Waals surface area contributed by atoms with E-state index in [1.54, 1.807) is 28.4 Å². The van der Waals surface area contributed by atoms with Crippen molar-refractivity contribution in [1.82, 2.24) is 24.9 Å². The van der Waals surface area contributed by atoms with Gasteiger partial charge in [0.15, 0.2) is 0 Å². The minimum atomic E-state index is -0.430. The van der Waals surface area contributed by atoms with Crippen molar-refractivity contribution in [2.75, 3.05) is 6.61 Å². The molecule has 0 radical (unpaired) electrons. The standard InChI is InChI=1S/C19H22FN5O2/c1-4-27-19(26)17-10-22-25(16-7-5-15(20)6-8-16)18(17)11-21-9-14-12-24(3)23-13(14)2/h5-8,10,12,21H,4,9,11H2,1-3H3. The molecule has 0 saturated heterocycles. The number of nitrogens with one attached hydrogen (secondary N) is 1. The van der Waals surface area contributed by atoms with E-state index in [0.717, 1.165) is 11.3 Å². The second kappa shape index (κ2) is 8.13. The highest BCUT2D eigenvalue weighted by atomic mass is 19.1. The van der Waals surface area contributed by atoms with Crippen LogP contribution in [0.3, 0.4) is 0 Å². The fraction of sp³-hybridized carbons (Fsp3) is 0.316. The van der Waals surface area contributed by atoms with Gasteiger partial charge in [-0.3, -0.25) is 4.68 Å². The molecule has 2 heterocycles. The molecule has 0 aliphatic rings. The molecular formula is C19H22FN5O2. The number of aryl methyl sites for hydroxylation is 2. The summed E-state index contributed by atoms with van der Waals surface area (Å²) in [6.07, 6.45) is 3.43. The molecule has 0 saturated carbocycles. The molecule has 0 amide bonds. The van der Waals surface area contributed by atoms with Crippen molar-refractivity contribution < 1.29 is 13.9 Å². The molecule has 3 rings (SSSR count). The molecule has 0 aliphatic carbocycles. The number of ether oxygens (including phenoxy) is 1. The van der Waals surface area contributed by atoms with Crippen molar-refractivity contribution in [1.29, 1.82) is 0 Å². The van der Waals surface area contributed by atoms with E-state index < -0.39 is 5.97 Å². The van der Waals surface area contributed by atoms with Crippen LogP contribution in [-0.4, -0.2) is 32.1 Å². The Morgan fingerprint density at radius 1 is 1.26 bits per heavy atom. The molecule has 1 N–H and O–H groups in total. The fourth-order valence-electron chi connectivity index (χ4n) is 2.87. The van der Waals surface area contributed by atoms with Crippen LogP contribution in [0.2, 0.25) is 0 Å². The molecule has 0 spiro atoms. The van der Waals surface area contributed by atoms with E-state index in [-0.39, 0.29) is 12.4 Å². The number of esters is 1. The number of carbonyl (C=O) groups excluding carboxylic acids is 1. The number of aromatic nitrogens is 4. The van der Waals surface area contributed by atoms with Gasteiger partial charge in [0.25, 0.3) is 0 Å². The quantitative estimate of drug-likeness (QED) is 0.646. The largest absolute Gasteiger partial charge is 0.462 e. The van der Waals surface area contributed by atoms with Crippen LogP contribution in [-0.2, 0) is 24.9 Å². The Balaban J connectivity index is 1.85. The van der Waals surface area contributed by atoms with Crippen molar-refractivity contribution in [3.8, 4) is 5.69 Å². The highest BCUT2D eigenvalue weighted by Crippen LogP contribution is 2.17. The predicted molar refractivity (Wildman–Crippen MR) is 98.0 cm³/mol. The summed E-state index contributed by atoms with van der Waals surface area (Å²) in [6, 6.07) is 5.95. The molecule has 142 valence electrons. The van der Waals surface area contributed by atoms with E-state index in [9.17, 15) is 9.18 Å². The first-order chi connectivity index (χ1) is 13.0. The molecule has 0 atom stereocenters. The number of benzene rings is 1. The Hall–Kier alpha value is -3.00. The molecule has 0 aliphatic heterocycles. The Labute approximate surface area is 156 Å². The van der Waals surface area contributed by atoms with E-state index in [4.69, 9.17) is 4.74 Å². The van der Waals surface area contributed by atoms with Crippen LogP contribution in [0.5, 0.6) is 0 Å². The minimum Gasteiger partial charge on any atom is -0.462 e. The van der Waals surface area contributed by atoms with Gasteiger partial charge in [-0.05, 0) is 38.1 Å². The first-order valence-electron chi connectivity index (χ1n) is 8.69. The summed E-state index contributed by atoms with van der Waals surface area (Å²) in [6.45, 7) is 4.97. The average molecular weight is 371 g/mol. The van der Waals surface area contributed by atoms with Crippen molar-refractivity contribution >= 4 is 5.97 Å². The number of hydrogen-bond donors (Lipinski definition) is 1. The molecule has 27 heavy (non-hydrogen) atoms. The number of halogens is 1. The van der Waals surface area contributed by atoms with Gasteiger partial charge in [0, 0.05) is 31.9 Å². The molecule has 0 bridgehead atoms. The normalized spacial score (nSPS) is 11.0. The lowest BCUT2D eigenvalue weighted by Crippen LogP contribution is -2.19. The summed E-state index contributed by atoms with van der Waals surface area (Å²) in [7, 11) is 1.87. The van der Waals surface area contributed by atoms with Crippen LogP contribution < -0.4 is 5.32 Å². The lowest BCUT2D eigenvalue weighted by atomic mass is 10.2. The van der Waals surface area contributed by atoms with E-state index in [2.05, 4.69) is 15.5 Å². The molecule has 0 fully saturated rings. The Morgan fingerprint density at radius 2 is 2.00 bits per heavy atom. The van der Waals surface area contributed by atoms with Gasteiger partial charge in [0.2, 0.25) is 0 Å². The number of carbonyl (C=O) groups is 1. The Morgan fingerprint density at radius 3 is 2.63 bits per heavy atom. The van der Waals surface area contributed by atoms with Gasteiger partial charge in [-0.15, -0.1) is 0 Å². The van der Waals surface area contributed by atoms with Crippen molar-refractivity contribution in [3.05, 3.63) is 65.0 Å². The molecular weight excluding hydrogens is 349 g/mol. The highest BCUT2D eigenvalue weighted by molar-refractivity contribution is 5.90. The monoisotopic (exact) mass is 371 g/mol. The van der Waals surface area contributed by atoms with Gasteiger partial charge in [0.05, 0.1) is 29.9 Å². The third-order valence-corrected chi connectivity index (χ3v) is 4.16. The van der Waals surface area contributed by atoms with Crippen molar-refractivity contribution in [2.45, 2.75) is 26.9 Å². The first kappa shape index (κ1) is 18.8. The van der Waals surface area contributed by atoms with Crippen LogP contribution in [0.4, 0.5) is 4.39 Å². The summed E-state index contributed by atoms with van der Waals surface area (Å²) < 4.78 is 21.8. The second-order valence-electron chi connectivity index (χ2n) is 6.13. The fourth-order valence-corrected chi connectivity index (χ4v) is 2.87. The zero-order valence-electron chi connectivity index (χ0n) is 15.6. The highest BCUT2D eigenvalue weighted by Gasteiger charge is 2.19. The molecule has 8 heteroatoms.